The summed E-state index contributed by atoms with van der Waals surface area (Å²) in [5.41, 5.74) is 1.13. The van der Waals surface area contributed by atoms with Gasteiger partial charge in [0, 0.05) is 22.1 Å². The Labute approximate surface area is 165 Å². The second-order valence-corrected chi connectivity index (χ2v) is 8.12. The van der Waals surface area contributed by atoms with Crippen molar-refractivity contribution in [2.75, 3.05) is 5.32 Å². The fraction of sp³-hybridized carbons (Fsp3) is 0.300. The molecule has 1 unspecified atom stereocenters. The van der Waals surface area contributed by atoms with Crippen molar-refractivity contribution < 1.29 is 14.3 Å². The Morgan fingerprint density at radius 3 is 2.68 bits per heavy atom. The Morgan fingerprint density at radius 2 is 1.96 bits per heavy atom. The first kappa shape index (κ1) is 17.5. The lowest BCUT2D eigenvalue weighted by molar-refractivity contribution is 0.0300. The molecule has 2 fully saturated rings. The number of carbonyl (C=O) groups is 1. The van der Waals surface area contributed by atoms with Crippen LogP contribution in [0.5, 0.6) is 0 Å². The highest BCUT2D eigenvalue weighted by molar-refractivity contribution is 6.31. The number of aromatic nitrogens is 2. The van der Waals surface area contributed by atoms with Crippen LogP contribution in [0.2, 0.25) is 5.02 Å². The van der Waals surface area contributed by atoms with E-state index in [0.29, 0.717) is 23.6 Å². The summed E-state index contributed by atoms with van der Waals surface area (Å²) < 4.78 is 12.9. The minimum Gasteiger partial charge on any atom is -0.385 e. The molecule has 144 valence electrons. The molecule has 0 radical (unpaired) electrons. The molecule has 6 nitrogen and oxygen atoms in total. The van der Waals surface area contributed by atoms with Gasteiger partial charge in [-0.1, -0.05) is 11.6 Å². The molecule has 4 N–H and O–H groups in total. The van der Waals surface area contributed by atoms with E-state index in [4.69, 9.17) is 11.6 Å². The van der Waals surface area contributed by atoms with Crippen molar-refractivity contribution in [1.82, 2.24) is 15.5 Å². The molecule has 5 rings (SSSR count). The molecule has 28 heavy (non-hydrogen) atoms. The van der Waals surface area contributed by atoms with Crippen LogP contribution < -0.4 is 10.6 Å². The van der Waals surface area contributed by atoms with Crippen LogP contribution in [0.3, 0.4) is 0 Å². The predicted octanol–water partition coefficient (Wildman–Crippen LogP) is 3.77. The smallest absolute Gasteiger partial charge is 0.319 e. The number of urea groups is 1. The van der Waals surface area contributed by atoms with E-state index in [1.807, 2.05) is 0 Å². The van der Waals surface area contributed by atoms with Gasteiger partial charge in [-0.05, 0) is 66.6 Å². The standard InChI is InChI=1S/C20H18ClFN4O2/c21-10-5-16(15-9-23-26-17(15)6-10)20(28)7-13-14(8-20)18(13)25-19(27)24-12-3-1-11(22)2-4-12/h1-6,9,13-14,18,28H,7-8H2,(H,23,26)(H2,24,25,27)/t13-,14+,18?,20+. The Kier molecular flexibility index (Phi) is 3.86. The van der Waals surface area contributed by atoms with Crippen molar-refractivity contribution in [3.05, 3.63) is 59.0 Å². The number of hydrogen-bond acceptors (Lipinski definition) is 3. The van der Waals surface area contributed by atoms with Crippen LogP contribution in [-0.4, -0.2) is 27.4 Å². The van der Waals surface area contributed by atoms with E-state index in [2.05, 4.69) is 20.8 Å². The summed E-state index contributed by atoms with van der Waals surface area (Å²) in [6.07, 6.45) is 2.81. The zero-order chi connectivity index (χ0) is 19.5. The summed E-state index contributed by atoms with van der Waals surface area (Å²) in [7, 11) is 0. The molecule has 8 heteroatoms. The molecule has 2 aliphatic rings. The quantitative estimate of drug-likeness (QED) is 0.539. The number of nitrogens with one attached hydrogen (secondary N) is 3. The Morgan fingerprint density at radius 1 is 1.25 bits per heavy atom. The number of benzene rings is 2. The van der Waals surface area contributed by atoms with Crippen molar-refractivity contribution >= 4 is 34.2 Å². The number of aromatic amines is 1. The van der Waals surface area contributed by atoms with Gasteiger partial charge in [0.25, 0.3) is 0 Å². The summed E-state index contributed by atoms with van der Waals surface area (Å²) in [5, 5.41) is 25.3. The number of anilines is 1. The summed E-state index contributed by atoms with van der Waals surface area (Å²) in [4.78, 5) is 12.2. The average Bonchev–Trinajstić information content (AvgIpc) is 3.03. The highest BCUT2D eigenvalue weighted by Crippen LogP contribution is 2.60. The number of hydrogen-bond donors (Lipinski definition) is 4. The number of H-pyrrole nitrogens is 1. The molecule has 0 saturated heterocycles. The summed E-state index contributed by atoms with van der Waals surface area (Å²) >= 11 is 6.21. The molecule has 2 aliphatic carbocycles. The van der Waals surface area contributed by atoms with Crippen LogP contribution in [0.4, 0.5) is 14.9 Å². The van der Waals surface area contributed by atoms with Gasteiger partial charge in [0.2, 0.25) is 0 Å². The normalized spacial score (nSPS) is 28.2. The first-order valence-electron chi connectivity index (χ1n) is 9.11. The van der Waals surface area contributed by atoms with E-state index in [1.54, 1.807) is 18.3 Å². The van der Waals surface area contributed by atoms with Crippen molar-refractivity contribution in [2.45, 2.75) is 24.5 Å². The van der Waals surface area contributed by atoms with Gasteiger partial charge in [0.15, 0.2) is 0 Å². The number of carbonyl (C=O) groups excluding carboxylic acids is 1. The van der Waals surface area contributed by atoms with Crippen LogP contribution in [0, 0.1) is 17.7 Å². The van der Waals surface area contributed by atoms with Gasteiger partial charge in [-0.2, -0.15) is 5.10 Å². The lowest BCUT2D eigenvalue weighted by Gasteiger charge is -2.27. The Hall–Kier alpha value is -2.64. The average molecular weight is 401 g/mol. The third-order valence-electron chi connectivity index (χ3n) is 5.90. The van der Waals surface area contributed by atoms with Gasteiger partial charge in [-0.15, -0.1) is 0 Å². The minimum absolute atomic E-state index is 0.0275. The van der Waals surface area contributed by atoms with Crippen molar-refractivity contribution in [3.8, 4) is 0 Å². The number of halogens is 2. The number of rotatable bonds is 3. The highest BCUT2D eigenvalue weighted by atomic mass is 35.5. The molecule has 1 heterocycles. The van der Waals surface area contributed by atoms with Crippen LogP contribution in [-0.2, 0) is 5.60 Å². The summed E-state index contributed by atoms with van der Waals surface area (Å²) in [5.74, 6) is 0.0736. The third kappa shape index (κ3) is 2.91. The first-order valence-corrected chi connectivity index (χ1v) is 9.49. The van der Waals surface area contributed by atoms with E-state index in [0.717, 1.165) is 16.5 Å². The molecule has 0 bridgehead atoms. The molecular weight excluding hydrogens is 383 g/mol. The van der Waals surface area contributed by atoms with Gasteiger partial charge < -0.3 is 15.7 Å². The van der Waals surface area contributed by atoms with Gasteiger partial charge in [-0.25, -0.2) is 9.18 Å². The molecule has 0 aliphatic heterocycles. The number of fused-ring (bicyclic) bond motifs is 2. The van der Waals surface area contributed by atoms with Crippen LogP contribution in [0.15, 0.2) is 42.6 Å². The van der Waals surface area contributed by atoms with E-state index in [-0.39, 0.29) is 29.7 Å². The number of amides is 2. The Bertz CT molecular complexity index is 1060. The second kappa shape index (κ2) is 6.18. The SMILES string of the molecule is O=C(Nc1ccc(F)cc1)NC1[C@H]2C[C@](O)(c3cc(Cl)cc4[nH]ncc34)C[C@@H]12. The third-order valence-corrected chi connectivity index (χ3v) is 6.12. The second-order valence-electron chi connectivity index (χ2n) is 7.68. The first-order chi connectivity index (χ1) is 13.4. The topological polar surface area (TPSA) is 90.0 Å². The lowest BCUT2D eigenvalue weighted by atomic mass is 9.86. The van der Waals surface area contributed by atoms with Crippen LogP contribution in [0.25, 0.3) is 10.9 Å². The Balaban J connectivity index is 1.26. The van der Waals surface area contributed by atoms with Gasteiger partial charge >= 0.3 is 6.03 Å². The molecule has 2 saturated carbocycles. The molecule has 2 amide bonds. The molecule has 2 aromatic carbocycles. The highest BCUT2D eigenvalue weighted by Gasteiger charge is 2.62. The zero-order valence-corrected chi connectivity index (χ0v) is 15.5. The zero-order valence-electron chi connectivity index (χ0n) is 14.7. The summed E-state index contributed by atoms with van der Waals surface area (Å²) in [6.45, 7) is 0. The van der Waals surface area contributed by atoms with Gasteiger partial charge in [-0.3, -0.25) is 5.10 Å². The monoisotopic (exact) mass is 400 g/mol. The van der Waals surface area contributed by atoms with Crippen LogP contribution >= 0.6 is 11.6 Å². The molecule has 1 aromatic heterocycles. The van der Waals surface area contributed by atoms with Crippen molar-refractivity contribution in [2.24, 2.45) is 11.8 Å². The largest absolute Gasteiger partial charge is 0.385 e. The predicted molar refractivity (Wildman–Crippen MR) is 104 cm³/mol. The maximum absolute atomic E-state index is 12.9. The van der Waals surface area contributed by atoms with Crippen molar-refractivity contribution in [3.63, 3.8) is 0 Å². The molecule has 4 atom stereocenters. The molecule has 0 spiro atoms. The van der Waals surface area contributed by atoms with Crippen LogP contribution in [0.1, 0.15) is 18.4 Å². The minimum atomic E-state index is -0.978. The number of nitrogens with zero attached hydrogens (tertiary/aromatic N) is 1. The number of aliphatic hydroxyl groups is 1. The maximum atomic E-state index is 12.9. The fourth-order valence-corrected chi connectivity index (χ4v) is 4.77. The summed E-state index contributed by atoms with van der Waals surface area (Å²) in [6, 6.07) is 8.90. The van der Waals surface area contributed by atoms with E-state index in [9.17, 15) is 14.3 Å². The van der Waals surface area contributed by atoms with Crippen molar-refractivity contribution in [1.29, 1.82) is 0 Å². The van der Waals surface area contributed by atoms with Gasteiger partial charge in [0.05, 0.1) is 17.3 Å². The van der Waals surface area contributed by atoms with Gasteiger partial charge in [0.1, 0.15) is 5.82 Å². The lowest BCUT2D eigenvalue weighted by Crippen LogP contribution is -2.36. The van der Waals surface area contributed by atoms with E-state index >= 15 is 0 Å². The van der Waals surface area contributed by atoms with E-state index < -0.39 is 5.60 Å². The molecule has 3 aromatic rings. The molecular formula is C20H18ClFN4O2. The fourth-order valence-electron chi connectivity index (χ4n) is 4.55. The van der Waals surface area contributed by atoms with E-state index in [1.165, 1.54) is 24.3 Å². The maximum Gasteiger partial charge on any atom is 0.319 e.